The number of benzene rings is 2. The van der Waals surface area contributed by atoms with Crippen molar-refractivity contribution in [1.82, 2.24) is 20.6 Å². The maximum Gasteiger partial charge on any atom is 0.226 e. The third-order valence-corrected chi connectivity index (χ3v) is 5.18. The van der Waals surface area contributed by atoms with Crippen LogP contribution in [0.25, 0.3) is 0 Å². The largest absolute Gasteiger partial charge is 0.390 e. The first kappa shape index (κ1) is 23.6. The van der Waals surface area contributed by atoms with Crippen LogP contribution in [0.3, 0.4) is 0 Å². The summed E-state index contributed by atoms with van der Waals surface area (Å²) in [5, 5.41) is 16.8. The van der Waals surface area contributed by atoms with Crippen LogP contribution in [0.2, 0.25) is 0 Å². The van der Waals surface area contributed by atoms with Crippen LogP contribution < -0.4 is 10.6 Å². The van der Waals surface area contributed by atoms with Crippen LogP contribution in [0.5, 0.6) is 0 Å². The van der Waals surface area contributed by atoms with Crippen LogP contribution in [-0.4, -0.2) is 39.7 Å². The number of halogens is 2. The third-order valence-electron chi connectivity index (χ3n) is 5.18. The molecule has 0 saturated carbocycles. The lowest BCUT2D eigenvalue weighted by molar-refractivity contribution is -0.122. The lowest BCUT2D eigenvalue weighted by Crippen LogP contribution is -2.49. The molecule has 3 aromatic rings. The molecule has 0 radical (unpaired) electrons. The van der Waals surface area contributed by atoms with E-state index in [0.29, 0.717) is 17.8 Å². The number of carbonyl (C=O) groups is 1. The molecule has 8 heteroatoms. The second-order valence-electron chi connectivity index (χ2n) is 7.78. The molecule has 0 aliphatic heterocycles. The predicted octanol–water partition coefficient (Wildman–Crippen LogP) is 2.67. The van der Waals surface area contributed by atoms with Crippen LogP contribution in [0.4, 0.5) is 8.78 Å². The molecule has 0 unspecified atom stereocenters. The van der Waals surface area contributed by atoms with E-state index in [9.17, 15) is 18.7 Å². The Labute approximate surface area is 186 Å². The van der Waals surface area contributed by atoms with Gasteiger partial charge in [-0.15, -0.1) is 0 Å². The number of aryl methyl sites for hydroxylation is 1. The predicted molar refractivity (Wildman–Crippen MR) is 118 cm³/mol. The summed E-state index contributed by atoms with van der Waals surface area (Å²) in [5.74, 6) is -1.73. The first-order valence-corrected chi connectivity index (χ1v) is 10.6. The number of hydrogen-bond acceptors (Lipinski definition) is 4. The zero-order valence-corrected chi connectivity index (χ0v) is 17.9. The number of nitrogens with zero attached hydrogens (tertiary/aromatic N) is 1. The summed E-state index contributed by atoms with van der Waals surface area (Å²) in [6, 6.07) is 10.6. The first-order valence-electron chi connectivity index (χ1n) is 10.6. The summed E-state index contributed by atoms with van der Waals surface area (Å²) < 4.78 is 27.3. The Balaban J connectivity index is 1.64. The number of aliphatic hydroxyl groups is 1. The van der Waals surface area contributed by atoms with Gasteiger partial charge in [0.05, 0.1) is 24.9 Å². The lowest BCUT2D eigenvalue weighted by atomic mass is 10.00. The molecule has 170 valence electrons. The van der Waals surface area contributed by atoms with E-state index in [0.717, 1.165) is 18.1 Å². The Morgan fingerprint density at radius 3 is 2.56 bits per heavy atom. The van der Waals surface area contributed by atoms with Crippen molar-refractivity contribution < 1.29 is 18.7 Å². The standard InChI is InChI=1S/C24H28F2N4O2/c1-2-16-4-3-5-17(6-16)12-27-14-23(31)22(9-18-7-19(25)10-20(26)8-18)30-24(32)11-21-13-28-15-29-21/h3-8,10,13,15,22-23,27,31H,2,9,11-12,14H2,1H3,(H,28,29)(H,30,32)/t22-,23+/m0/s1. The Morgan fingerprint density at radius 2 is 1.88 bits per heavy atom. The summed E-state index contributed by atoms with van der Waals surface area (Å²) in [6.07, 6.45) is 3.11. The molecule has 0 aliphatic carbocycles. The fraction of sp³-hybridized carbons (Fsp3) is 0.333. The average Bonchev–Trinajstić information content (AvgIpc) is 3.25. The normalized spacial score (nSPS) is 13.0. The highest BCUT2D eigenvalue weighted by Gasteiger charge is 2.22. The number of hydrogen-bond donors (Lipinski definition) is 4. The van der Waals surface area contributed by atoms with Gasteiger partial charge >= 0.3 is 0 Å². The maximum absolute atomic E-state index is 13.6. The minimum Gasteiger partial charge on any atom is -0.390 e. The minimum atomic E-state index is -0.971. The zero-order chi connectivity index (χ0) is 22.9. The van der Waals surface area contributed by atoms with Gasteiger partial charge in [-0.05, 0) is 41.7 Å². The molecule has 2 aromatic carbocycles. The van der Waals surface area contributed by atoms with E-state index in [4.69, 9.17) is 0 Å². The Kier molecular flexibility index (Phi) is 8.47. The van der Waals surface area contributed by atoms with Crippen molar-refractivity contribution in [2.24, 2.45) is 0 Å². The number of amides is 1. The first-order chi connectivity index (χ1) is 15.4. The van der Waals surface area contributed by atoms with E-state index in [1.54, 1.807) is 6.20 Å². The number of aliphatic hydroxyl groups excluding tert-OH is 1. The van der Waals surface area contributed by atoms with E-state index < -0.39 is 23.8 Å². The van der Waals surface area contributed by atoms with Gasteiger partial charge in [0.15, 0.2) is 0 Å². The topological polar surface area (TPSA) is 90.0 Å². The Morgan fingerprint density at radius 1 is 1.12 bits per heavy atom. The molecule has 32 heavy (non-hydrogen) atoms. The number of H-pyrrole nitrogens is 1. The highest BCUT2D eigenvalue weighted by Crippen LogP contribution is 2.12. The van der Waals surface area contributed by atoms with Crippen molar-refractivity contribution in [3.8, 4) is 0 Å². The second-order valence-corrected chi connectivity index (χ2v) is 7.78. The fourth-order valence-corrected chi connectivity index (χ4v) is 3.54. The van der Waals surface area contributed by atoms with Crippen molar-refractivity contribution in [3.63, 3.8) is 0 Å². The molecule has 0 saturated heterocycles. The molecular weight excluding hydrogens is 414 g/mol. The molecule has 1 aromatic heterocycles. The monoisotopic (exact) mass is 442 g/mol. The molecule has 2 atom stereocenters. The van der Waals surface area contributed by atoms with Gasteiger partial charge in [-0.1, -0.05) is 31.2 Å². The number of rotatable bonds is 11. The molecule has 0 fully saturated rings. The van der Waals surface area contributed by atoms with E-state index in [-0.39, 0.29) is 25.3 Å². The van der Waals surface area contributed by atoms with Crippen molar-refractivity contribution in [2.75, 3.05) is 6.54 Å². The summed E-state index contributed by atoms with van der Waals surface area (Å²) in [7, 11) is 0. The number of aromatic nitrogens is 2. The number of aromatic amines is 1. The number of carbonyl (C=O) groups excluding carboxylic acids is 1. The molecule has 0 aliphatic rings. The highest BCUT2D eigenvalue weighted by molar-refractivity contribution is 5.78. The van der Waals surface area contributed by atoms with Gasteiger partial charge in [-0.2, -0.15) is 0 Å². The molecule has 1 amide bonds. The SMILES string of the molecule is CCc1cccc(CNC[C@@H](O)[C@H](Cc2cc(F)cc(F)c2)NC(=O)Cc2cnc[nH]2)c1. The van der Waals surface area contributed by atoms with E-state index in [2.05, 4.69) is 39.7 Å². The third kappa shape index (κ3) is 7.25. The van der Waals surface area contributed by atoms with Crippen LogP contribution in [0.15, 0.2) is 55.0 Å². The molecule has 4 N–H and O–H groups in total. The van der Waals surface area contributed by atoms with Crippen LogP contribution >= 0.6 is 0 Å². The van der Waals surface area contributed by atoms with Gasteiger partial charge in [0.1, 0.15) is 11.6 Å². The van der Waals surface area contributed by atoms with Crippen molar-refractivity contribution >= 4 is 5.91 Å². The van der Waals surface area contributed by atoms with E-state index in [1.165, 1.54) is 24.0 Å². The number of imidazole rings is 1. The molecular formula is C24H28F2N4O2. The van der Waals surface area contributed by atoms with E-state index >= 15 is 0 Å². The summed E-state index contributed by atoms with van der Waals surface area (Å²) in [6.45, 7) is 2.83. The van der Waals surface area contributed by atoms with Gasteiger partial charge < -0.3 is 20.7 Å². The van der Waals surface area contributed by atoms with Crippen molar-refractivity contribution in [1.29, 1.82) is 0 Å². The Bertz CT molecular complexity index is 991. The fourth-order valence-electron chi connectivity index (χ4n) is 3.54. The molecule has 0 bridgehead atoms. The maximum atomic E-state index is 13.6. The summed E-state index contributed by atoms with van der Waals surface area (Å²) in [4.78, 5) is 19.2. The van der Waals surface area contributed by atoms with Gasteiger partial charge in [-0.25, -0.2) is 13.8 Å². The smallest absolute Gasteiger partial charge is 0.226 e. The molecule has 1 heterocycles. The van der Waals surface area contributed by atoms with Crippen molar-refractivity contribution in [2.45, 2.75) is 44.9 Å². The molecule has 0 spiro atoms. The zero-order valence-electron chi connectivity index (χ0n) is 17.9. The second kappa shape index (κ2) is 11.5. The minimum absolute atomic E-state index is 0.0535. The van der Waals surface area contributed by atoms with Gasteiger partial charge in [0, 0.05) is 31.0 Å². The van der Waals surface area contributed by atoms with Crippen LogP contribution in [-0.2, 0) is 30.6 Å². The van der Waals surface area contributed by atoms with Crippen LogP contribution in [0.1, 0.15) is 29.3 Å². The van der Waals surface area contributed by atoms with Crippen LogP contribution in [0, 0.1) is 11.6 Å². The van der Waals surface area contributed by atoms with Gasteiger partial charge in [-0.3, -0.25) is 4.79 Å². The molecule has 6 nitrogen and oxygen atoms in total. The quantitative estimate of drug-likeness (QED) is 0.368. The Hall–Kier alpha value is -3.10. The summed E-state index contributed by atoms with van der Waals surface area (Å²) in [5.41, 5.74) is 3.29. The van der Waals surface area contributed by atoms with E-state index in [1.807, 2.05) is 12.1 Å². The average molecular weight is 443 g/mol. The van der Waals surface area contributed by atoms with Gasteiger partial charge in [0.25, 0.3) is 0 Å². The summed E-state index contributed by atoms with van der Waals surface area (Å²) >= 11 is 0. The van der Waals surface area contributed by atoms with Gasteiger partial charge in [0.2, 0.25) is 5.91 Å². The highest BCUT2D eigenvalue weighted by atomic mass is 19.1. The molecule has 3 rings (SSSR count). The van der Waals surface area contributed by atoms with Crippen molar-refractivity contribution in [3.05, 3.63) is 89.0 Å². The number of nitrogens with one attached hydrogen (secondary N) is 3. The lowest BCUT2D eigenvalue weighted by Gasteiger charge is -2.25.